The highest BCUT2D eigenvalue weighted by Crippen LogP contribution is 1.96. The molecule has 0 bridgehead atoms. The zero-order valence-electron chi connectivity index (χ0n) is 14.4. The Morgan fingerprint density at radius 1 is 1.05 bits per heavy atom. The van der Waals surface area contributed by atoms with Crippen LogP contribution in [0.5, 0.6) is 0 Å². The van der Waals surface area contributed by atoms with Crippen LogP contribution in [0.3, 0.4) is 0 Å². The van der Waals surface area contributed by atoms with Crippen LogP contribution in [0, 0.1) is 0 Å². The fourth-order valence-electron chi connectivity index (χ4n) is 2.00. The van der Waals surface area contributed by atoms with Crippen LogP contribution < -0.4 is 10.0 Å². The molecule has 21 heavy (non-hydrogen) atoms. The first-order valence-corrected chi connectivity index (χ1v) is 9.44. The minimum absolute atomic E-state index is 0.434. The molecule has 7 heteroatoms. The van der Waals surface area contributed by atoms with E-state index < -0.39 is 10.2 Å². The standard InChI is InChI=1S/C14H34N4O2S/c1-6-11-18(7-2)13-10-16-21(19,20)17(5)12-8-9-15-14(3)4/h14-16H,6-13H2,1-5H3. The summed E-state index contributed by atoms with van der Waals surface area (Å²) < 4.78 is 28.2. The minimum atomic E-state index is -3.35. The average molecular weight is 323 g/mol. The van der Waals surface area contributed by atoms with Crippen molar-refractivity contribution in [2.75, 3.05) is 46.3 Å². The van der Waals surface area contributed by atoms with Gasteiger partial charge in [0, 0.05) is 32.7 Å². The zero-order chi connectivity index (χ0) is 16.3. The Morgan fingerprint density at radius 2 is 1.71 bits per heavy atom. The number of nitrogens with one attached hydrogen (secondary N) is 2. The number of rotatable bonds is 13. The quantitative estimate of drug-likeness (QED) is 0.494. The Morgan fingerprint density at radius 3 is 2.24 bits per heavy atom. The van der Waals surface area contributed by atoms with Crippen LogP contribution in [-0.2, 0) is 10.2 Å². The molecule has 0 unspecified atom stereocenters. The van der Waals surface area contributed by atoms with Crippen LogP contribution in [0.1, 0.15) is 40.5 Å². The van der Waals surface area contributed by atoms with Gasteiger partial charge < -0.3 is 10.2 Å². The van der Waals surface area contributed by atoms with Crippen molar-refractivity contribution < 1.29 is 8.42 Å². The van der Waals surface area contributed by atoms with Gasteiger partial charge in [0.1, 0.15) is 0 Å². The Bertz CT molecular complexity index is 347. The summed E-state index contributed by atoms with van der Waals surface area (Å²) in [4.78, 5) is 2.25. The van der Waals surface area contributed by atoms with E-state index in [1.165, 1.54) is 4.31 Å². The van der Waals surface area contributed by atoms with Crippen LogP contribution in [-0.4, -0.2) is 70.0 Å². The molecular weight excluding hydrogens is 288 g/mol. The van der Waals surface area contributed by atoms with Crippen LogP contribution in [0.2, 0.25) is 0 Å². The van der Waals surface area contributed by atoms with Crippen molar-refractivity contribution >= 4 is 10.2 Å². The van der Waals surface area contributed by atoms with Gasteiger partial charge in [0.2, 0.25) is 0 Å². The Kier molecular flexibility index (Phi) is 11.3. The molecule has 0 radical (unpaired) electrons. The van der Waals surface area contributed by atoms with Gasteiger partial charge in [-0.2, -0.15) is 12.7 Å². The molecule has 0 aliphatic rings. The van der Waals surface area contributed by atoms with E-state index in [-0.39, 0.29) is 0 Å². The van der Waals surface area contributed by atoms with Crippen molar-refractivity contribution in [3.05, 3.63) is 0 Å². The molecule has 0 saturated carbocycles. The molecule has 0 aromatic heterocycles. The van der Waals surface area contributed by atoms with E-state index in [0.29, 0.717) is 19.1 Å². The number of hydrogen-bond donors (Lipinski definition) is 2. The highest BCUT2D eigenvalue weighted by atomic mass is 32.2. The predicted octanol–water partition coefficient (Wildman–Crippen LogP) is 0.873. The molecule has 0 aliphatic carbocycles. The zero-order valence-corrected chi connectivity index (χ0v) is 15.2. The molecule has 0 fully saturated rings. The molecule has 128 valence electrons. The first-order chi connectivity index (χ1) is 9.83. The Balaban J connectivity index is 3.99. The molecule has 2 N–H and O–H groups in total. The van der Waals surface area contributed by atoms with Crippen molar-refractivity contribution in [1.82, 2.24) is 19.2 Å². The number of likely N-dealkylation sites (N-methyl/N-ethyl adjacent to an activating group) is 1. The summed E-state index contributed by atoms with van der Waals surface area (Å²) in [7, 11) is -1.72. The van der Waals surface area contributed by atoms with Gasteiger partial charge in [-0.05, 0) is 32.5 Å². The second-order valence-electron chi connectivity index (χ2n) is 5.62. The van der Waals surface area contributed by atoms with E-state index in [0.717, 1.165) is 39.0 Å². The largest absolute Gasteiger partial charge is 0.314 e. The first kappa shape index (κ1) is 20.8. The molecule has 0 saturated heterocycles. The van der Waals surface area contributed by atoms with Crippen molar-refractivity contribution in [2.45, 2.75) is 46.6 Å². The molecule has 0 spiro atoms. The van der Waals surface area contributed by atoms with Gasteiger partial charge in [-0.3, -0.25) is 0 Å². The maximum atomic E-state index is 12.1. The topological polar surface area (TPSA) is 64.7 Å². The molecule has 0 aromatic carbocycles. The van der Waals surface area contributed by atoms with Gasteiger partial charge in [0.25, 0.3) is 10.2 Å². The van der Waals surface area contributed by atoms with Crippen molar-refractivity contribution in [3.8, 4) is 0 Å². The van der Waals surface area contributed by atoms with Gasteiger partial charge in [0.15, 0.2) is 0 Å². The monoisotopic (exact) mass is 322 g/mol. The lowest BCUT2D eigenvalue weighted by Crippen LogP contribution is -2.42. The second-order valence-corrected chi connectivity index (χ2v) is 7.48. The lowest BCUT2D eigenvalue weighted by atomic mass is 10.3. The summed E-state index contributed by atoms with van der Waals surface area (Å²) in [5, 5.41) is 3.28. The molecule has 0 amide bonds. The third-order valence-electron chi connectivity index (χ3n) is 3.31. The number of nitrogens with zero attached hydrogens (tertiary/aromatic N) is 2. The fourth-order valence-corrected chi connectivity index (χ4v) is 2.94. The summed E-state index contributed by atoms with van der Waals surface area (Å²) in [6.45, 7) is 12.9. The lowest BCUT2D eigenvalue weighted by Gasteiger charge is -2.22. The summed E-state index contributed by atoms with van der Waals surface area (Å²) in [6.07, 6.45) is 1.90. The van der Waals surface area contributed by atoms with E-state index in [1.54, 1.807) is 7.05 Å². The van der Waals surface area contributed by atoms with Crippen LogP contribution in [0.15, 0.2) is 0 Å². The second kappa shape index (κ2) is 11.4. The van der Waals surface area contributed by atoms with Crippen molar-refractivity contribution in [3.63, 3.8) is 0 Å². The normalized spacial score (nSPS) is 12.8. The Labute approximate surface area is 131 Å². The van der Waals surface area contributed by atoms with Gasteiger partial charge in [0.05, 0.1) is 0 Å². The highest BCUT2D eigenvalue weighted by molar-refractivity contribution is 7.87. The fraction of sp³-hybridized carbons (Fsp3) is 1.00. The average Bonchev–Trinajstić information content (AvgIpc) is 2.41. The molecule has 6 nitrogen and oxygen atoms in total. The summed E-state index contributed by atoms with van der Waals surface area (Å²) >= 11 is 0. The SMILES string of the molecule is CCCN(CC)CCNS(=O)(=O)N(C)CCCNC(C)C. The van der Waals surface area contributed by atoms with E-state index in [2.05, 4.69) is 42.6 Å². The molecule has 0 aromatic rings. The maximum Gasteiger partial charge on any atom is 0.279 e. The summed E-state index contributed by atoms with van der Waals surface area (Å²) in [6, 6.07) is 0.434. The molecule has 0 rings (SSSR count). The number of hydrogen-bond acceptors (Lipinski definition) is 4. The molecule has 0 heterocycles. The van der Waals surface area contributed by atoms with Crippen LogP contribution in [0.25, 0.3) is 0 Å². The first-order valence-electron chi connectivity index (χ1n) is 8.00. The van der Waals surface area contributed by atoms with Gasteiger partial charge in [-0.15, -0.1) is 0 Å². The van der Waals surface area contributed by atoms with Crippen molar-refractivity contribution in [1.29, 1.82) is 0 Å². The molecular formula is C14H34N4O2S. The maximum absolute atomic E-state index is 12.1. The van der Waals surface area contributed by atoms with Gasteiger partial charge >= 0.3 is 0 Å². The van der Waals surface area contributed by atoms with Gasteiger partial charge in [-0.1, -0.05) is 27.7 Å². The third-order valence-corrected chi connectivity index (χ3v) is 4.88. The smallest absolute Gasteiger partial charge is 0.279 e. The summed E-state index contributed by atoms with van der Waals surface area (Å²) in [5.41, 5.74) is 0. The highest BCUT2D eigenvalue weighted by Gasteiger charge is 2.16. The van der Waals surface area contributed by atoms with E-state index in [1.807, 2.05) is 0 Å². The minimum Gasteiger partial charge on any atom is -0.314 e. The summed E-state index contributed by atoms with van der Waals surface area (Å²) in [5.74, 6) is 0. The van der Waals surface area contributed by atoms with E-state index in [9.17, 15) is 8.42 Å². The van der Waals surface area contributed by atoms with Crippen LogP contribution >= 0.6 is 0 Å². The van der Waals surface area contributed by atoms with Crippen molar-refractivity contribution in [2.24, 2.45) is 0 Å². The van der Waals surface area contributed by atoms with E-state index in [4.69, 9.17) is 0 Å². The van der Waals surface area contributed by atoms with Gasteiger partial charge in [-0.25, -0.2) is 4.72 Å². The third kappa shape index (κ3) is 10.2. The predicted molar refractivity (Wildman–Crippen MR) is 89.7 cm³/mol. The van der Waals surface area contributed by atoms with Crippen LogP contribution in [0.4, 0.5) is 0 Å². The van der Waals surface area contributed by atoms with E-state index >= 15 is 0 Å². The molecule has 0 atom stereocenters. The lowest BCUT2D eigenvalue weighted by molar-refractivity contribution is 0.292. The molecule has 0 aliphatic heterocycles. The Hall–Kier alpha value is -0.210.